The lowest BCUT2D eigenvalue weighted by Gasteiger charge is -2.23. The number of benzene rings is 1. The van der Waals surface area contributed by atoms with Crippen LogP contribution in [0.3, 0.4) is 0 Å². The summed E-state index contributed by atoms with van der Waals surface area (Å²) in [7, 11) is 0. The minimum absolute atomic E-state index is 0.0105. The highest BCUT2D eigenvalue weighted by molar-refractivity contribution is 6.01. The Morgan fingerprint density at radius 1 is 1.03 bits per heavy atom. The quantitative estimate of drug-likeness (QED) is 0.103. The molecule has 1 aliphatic heterocycles. The van der Waals surface area contributed by atoms with Crippen molar-refractivity contribution in [3.05, 3.63) is 35.9 Å². The molecule has 1 heterocycles. The fourth-order valence-corrected chi connectivity index (χ4v) is 4.37. The molecule has 3 amide bonds. The van der Waals surface area contributed by atoms with Crippen molar-refractivity contribution < 1.29 is 14.4 Å². The molecule has 3 atom stereocenters. The molecule has 1 saturated heterocycles. The predicted molar refractivity (Wildman–Crippen MR) is 147 cm³/mol. The van der Waals surface area contributed by atoms with E-state index in [1.165, 1.54) is 12.8 Å². The third kappa shape index (κ3) is 12.2. The number of rotatable bonds is 17. The molecule has 0 aromatic heterocycles. The van der Waals surface area contributed by atoms with Gasteiger partial charge >= 0.3 is 0 Å². The number of unbranched alkanes of at least 4 members (excludes halogenated alkanes) is 4. The number of imide groups is 1. The molecular formula is C27H45N7O3. The third-order valence-electron chi connectivity index (χ3n) is 6.47. The Morgan fingerprint density at radius 3 is 2.43 bits per heavy atom. The lowest BCUT2D eigenvalue weighted by atomic mass is 10.0. The maximum atomic E-state index is 13.2. The molecule has 0 bridgehead atoms. The van der Waals surface area contributed by atoms with Crippen LogP contribution in [0.2, 0.25) is 0 Å². The number of guanidine groups is 1. The molecule has 8 N–H and O–H groups in total. The molecular weight excluding hydrogens is 470 g/mol. The van der Waals surface area contributed by atoms with Crippen molar-refractivity contribution >= 4 is 23.7 Å². The molecule has 0 aliphatic carbocycles. The minimum Gasteiger partial charge on any atom is -0.370 e. The summed E-state index contributed by atoms with van der Waals surface area (Å²) in [5, 5.41) is 11.8. The number of carbonyl (C=O) groups excluding carboxylic acids is 3. The van der Waals surface area contributed by atoms with Crippen LogP contribution < -0.4 is 32.7 Å². The van der Waals surface area contributed by atoms with Crippen molar-refractivity contribution in [3.8, 4) is 0 Å². The van der Waals surface area contributed by atoms with Gasteiger partial charge in [0.15, 0.2) is 5.96 Å². The molecule has 37 heavy (non-hydrogen) atoms. The number of nitrogens with one attached hydrogen (secondary N) is 4. The largest absolute Gasteiger partial charge is 0.370 e. The SMILES string of the molecule is CCCCCCCNC(CCCN=C(N)N)C(=O)NC(=O)C(Cc1ccccc1)NC(=O)C1CCCN1. The van der Waals surface area contributed by atoms with Gasteiger partial charge in [0.05, 0.1) is 12.1 Å². The van der Waals surface area contributed by atoms with Crippen LogP contribution in [-0.2, 0) is 20.8 Å². The zero-order valence-electron chi connectivity index (χ0n) is 22.1. The first-order valence-corrected chi connectivity index (χ1v) is 13.6. The molecule has 2 rings (SSSR count). The molecule has 0 radical (unpaired) electrons. The van der Waals surface area contributed by atoms with Crippen LogP contribution in [0, 0.1) is 0 Å². The molecule has 1 aromatic carbocycles. The summed E-state index contributed by atoms with van der Waals surface area (Å²) >= 11 is 0. The van der Waals surface area contributed by atoms with Gasteiger partial charge in [-0.2, -0.15) is 0 Å². The average molecular weight is 516 g/mol. The second-order valence-electron chi connectivity index (χ2n) is 9.62. The normalized spacial score (nSPS) is 16.5. The van der Waals surface area contributed by atoms with Gasteiger partial charge in [-0.15, -0.1) is 0 Å². The number of hydrogen-bond acceptors (Lipinski definition) is 6. The van der Waals surface area contributed by atoms with E-state index < -0.39 is 23.9 Å². The van der Waals surface area contributed by atoms with Crippen molar-refractivity contribution in [2.45, 2.75) is 89.3 Å². The Morgan fingerprint density at radius 2 is 1.76 bits per heavy atom. The van der Waals surface area contributed by atoms with Crippen molar-refractivity contribution in [2.75, 3.05) is 19.6 Å². The van der Waals surface area contributed by atoms with Crippen LogP contribution in [0.4, 0.5) is 0 Å². The highest BCUT2D eigenvalue weighted by Crippen LogP contribution is 2.09. The van der Waals surface area contributed by atoms with Gasteiger partial charge in [-0.1, -0.05) is 62.9 Å². The maximum Gasteiger partial charge on any atom is 0.249 e. The number of nitrogens with two attached hydrogens (primary N) is 2. The second-order valence-corrected chi connectivity index (χ2v) is 9.62. The molecule has 10 nitrogen and oxygen atoms in total. The molecule has 10 heteroatoms. The summed E-state index contributed by atoms with van der Waals surface area (Å²) in [5.74, 6) is -1.13. The first-order valence-electron chi connectivity index (χ1n) is 13.6. The lowest BCUT2D eigenvalue weighted by Crippen LogP contribution is -2.55. The van der Waals surface area contributed by atoms with Gasteiger partial charge in [0.25, 0.3) is 0 Å². The molecule has 1 aromatic rings. The minimum atomic E-state index is -0.863. The van der Waals surface area contributed by atoms with Gasteiger partial charge in [0.1, 0.15) is 6.04 Å². The fourth-order valence-electron chi connectivity index (χ4n) is 4.37. The van der Waals surface area contributed by atoms with E-state index in [0.29, 0.717) is 32.4 Å². The smallest absolute Gasteiger partial charge is 0.249 e. The van der Waals surface area contributed by atoms with E-state index in [1.54, 1.807) is 0 Å². The Balaban J connectivity index is 2.01. The average Bonchev–Trinajstić information content (AvgIpc) is 3.42. The van der Waals surface area contributed by atoms with Crippen molar-refractivity contribution in [1.29, 1.82) is 0 Å². The number of hydrogen-bond donors (Lipinski definition) is 6. The predicted octanol–water partition coefficient (Wildman–Crippen LogP) is 1.09. The van der Waals surface area contributed by atoms with Gasteiger partial charge in [-0.05, 0) is 50.8 Å². The van der Waals surface area contributed by atoms with E-state index in [9.17, 15) is 14.4 Å². The standard InChI is InChI=1S/C27H45N7O3/c1-2-3-4-5-9-16-30-22(15-11-18-32-27(28)29)25(36)34-26(37)23(19-20-12-7-6-8-13-20)33-24(35)21-14-10-17-31-21/h6-8,12-13,21-23,30-31H,2-5,9-11,14-19H2,1H3,(H,33,35)(H4,28,29,32)(H,34,36,37). The number of carbonyl (C=O) groups is 3. The van der Waals surface area contributed by atoms with Gasteiger partial charge < -0.3 is 27.4 Å². The van der Waals surface area contributed by atoms with Crippen LogP contribution in [0.1, 0.15) is 70.3 Å². The van der Waals surface area contributed by atoms with Crippen LogP contribution >= 0.6 is 0 Å². The molecule has 1 aliphatic rings. The lowest BCUT2D eigenvalue weighted by molar-refractivity contribution is -0.135. The zero-order chi connectivity index (χ0) is 26.9. The van der Waals surface area contributed by atoms with Gasteiger partial charge in [-0.25, -0.2) is 0 Å². The maximum absolute atomic E-state index is 13.2. The van der Waals surface area contributed by atoms with Gasteiger partial charge in [0.2, 0.25) is 17.7 Å². The van der Waals surface area contributed by atoms with E-state index in [2.05, 4.69) is 33.2 Å². The first kappa shape index (κ1) is 30.2. The Kier molecular flexibility index (Phi) is 14.3. The summed E-state index contributed by atoms with van der Waals surface area (Å²) in [6.45, 7) is 4.02. The summed E-state index contributed by atoms with van der Waals surface area (Å²) in [4.78, 5) is 43.1. The summed E-state index contributed by atoms with van der Waals surface area (Å²) < 4.78 is 0. The van der Waals surface area contributed by atoms with E-state index in [0.717, 1.165) is 44.2 Å². The molecule has 0 spiro atoms. The van der Waals surface area contributed by atoms with Gasteiger partial charge in [-0.3, -0.25) is 24.7 Å². The van der Waals surface area contributed by atoms with E-state index in [-0.39, 0.29) is 17.9 Å². The third-order valence-corrected chi connectivity index (χ3v) is 6.47. The Labute approximate surface area is 220 Å². The summed E-state index contributed by atoms with van der Waals surface area (Å²) in [6, 6.07) is 7.71. The Bertz CT molecular complexity index is 853. The van der Waals surface area contributed by atoms with Crippen LogP contribution in [0.15, 0.2) is 35.3 Å². The van der Waals surface area contributed by atoms with Crippen molar-refractivity contribution in [2.24, 2.45) is 16.5 Å². The molecule has 0 saturated carbocycles. The molecule has 1 fully saturated rings. The zero-order valence-corrected chi connectivity index (χ0v) is 22.1. The van der Waals surface area contributed by atoms with Crippen LogP contribution in [0.25, 0.3) is 0 Å². The fraction of sp³-hybridized carbons (Fsp3) is 0.630. The summed E-state index contributed by atoms with van der Waals surface area (Å²) in [5.41, 5.74) is 11.7. The molecule has 3 unspecified atom stereocenters. The van der Waals surface area contributed by atoms with Crippen LogP contribution in [-0.4, -0.2) is 61.4 Å². The first-order chi connectivity index (χ1) is 17.9. The van der Waals surface area contributed by atoms with Crippen molar-refractivity contribution in [1.82, 2.24) is 21.3 Å². The van der Waals surface area contributed by atoms with Gasteiger partial charge in [0, 0.05) is 13.0 Å². The Hall–Kier alpha value is -2.98. The topological polar surface area (TPSA) is 164 Å². The van der Waals surface area contributed by atoms with Crippen LogP contribution in [0.5, 0.6) is 0 Å². The number of aliphatic imine (C=N–C) groups is 1. The van der Waals surface area contributed by atoms with E-state index in [1.807, 2.05) is 30.3 Å². The number of amides is 3. The highest BCUT2D eigenvalue weighted by Gasteiger charge is 2.29. The summed E-state index contributed by atoms with van der Waals surface area (Å²) in [6.07, 6.45) is 8.56. The molecule has 206 valence electrons. The van der Waals surface area contributed by atoms with E-state index in [4.69, 9.17) is 11.5 Å². The second kappa shape index (κ2) is 17.5. The number of nitrogens with zero attached hydrogens (tertiary/aromatic N) is 1. The monoisotopic (exact) mass is 515 g/mol. The van der Waals surface area contributed by atoms with E-state index >= 15 is 0 Å². The van der Waals surface area contributed by atoms with Crippen molar-refractivity contribution in [3.63, 3.8) is 0 Å². The highest BCUT2D eigenvalue weighted by atomic mass is 16.2.